The molecule has 2 atom stereocenters. The predicted molar refractivity (Wildman–Crippen MR) is 291 cm³/mol. The van der Waals surface area contributed by atoms with E-state index in [4.69, 9.17) is 15.0 Å². The number of rotatable bonds is 7. The molecule has 2 unspecified atom stereocenters. The van der Waals surface area contributed by atoms with E-state index in [0.29, 0.717) is 0 Å². The molecule has 0 saturated carbocycles. The van der Waals surface area contributed by atoms with Gasteiger partial charge in [-0.1, -0.05) is 183 Å². The van der Waals surface area contributed by atoms with Gasteiger partial charge in [0.15, 0.2) is 0 Å². The normalized spacial score (nSPS) is 17.6. The molecule has 3 aromatic heterocycles. The number of benzene rings is 8. The highest BCUT2D eigenvalue weighted by Gasteiger charge is 2.56. The van der Waals surface area contributed by atoms with Crippen LogP contribution in [0.2, 0.25) is 0 Å². The average molecular weight is 908 g/mol. The number of para-hydroxylation sites is 4. The van der Waals surface area contributed by atoms with Gasteiger partial charge in [0.25, 0.3) is 6.71 Å². The number of pyridine rings is 3. The van der Waals surface area contributed by atoms with Crippen LogP contribution in [0.4, 0.5) is 34.1 Å². The van der Waals surface area contributed by atoms with Crippen molar-refractivity contribution in [3.63, 3.8) is 0 Å². The van der Waals surface area contributed by atoms with Gasteiger partial charge in [0, 0.05) is 58.3 Å². The van der Waals surface area contributed by atoms with Gasteiger partial charge in [0.05, 0.1) is 33.4 Å². The van der Waals surface area contributed by atoms with Crippen molar-refractivity contribution in [3.8, 4) is 0 Å². The maximum absolute atomic E-state index is 5.95. The lowest BCUT2D eigenvalue weighted by Gasteiger charge is -2.53. The second-order valence-corrected chi connectivity index (χ2v) is 19.6. The van der Waals surface area contributed by atoms with E-state index in [2.05, 4.69) is 229 Å². The topological polar surface area (TPSA) is 45.2 Å². The van der Waals surface area contributed by atoms with Crippen LogP contribution in [0.1, 0.15) is 70.0 Å². The monoisotopic (exact) mass is 907 g/mol. The summed E-state index contributed by atoms with van der Waals surface area (Å²) in [6, 6.07) is 75.0. The minimum atomic E-state index is -0.691. The number of nitrogens with zero attached hydrogens (tertiary/aromatic N) is 5. The van der Waals surface area contributed by atoms with Crippen LogP contribution < -0.4 is 26.2 Å². The molecule has 0 spiro atoms. The molecule has 5 nitrogen and oxygen atoms in total. The minimum Gasteiger partial charge on any atom is -0.311 e. The minimum absolute atomic E-state index is 0.144. The third-order valence-corrected chi connectivity index (χ3v) is 16.3. The van der Waals surface area contributed by atoms with Crippen molar-refractivity contribution in [2.75, 3.05) is 9.80 Å². The summed E-state index contributed by atoms with van der Waals surface area (Å²) in [5.41, 5.74) is 21.4. The van der Waals surface area contributed by atoms with Crippen molar-refractivity contribution in [2.45, 2.75) is 37.0 Å². The third-order valence-electron chi connectivity index (χ3n) is 16.3. The molecule has 6 heteroatoms. The predicted octanol–water partition coefficient (Wildman–Crippen LogP) is 13.0. The van der Waals surface area contributed by atoms with Crippen LogP contribution in [0.5, 0.6) is 0 Å². The second kappa shape index (κ2) is 15.2. The molecule has 8 aromatic carbocycles. The summed E-state index contributed by atoms with van der Waals surface area (Å²) in [4.78, 5) is 20.9. The quantitative estimate of drug-likeness (QED) is 0.118. The Kier molecular flexibility index (Phi) is 8.63. The molecule has 4 aliphatic heterocycles. The van der Waals surface area contributed by atoms with E-state index in [-0.39, 0.29) is 6.71 Å². The van der Waals surface area contributed by atoms with Gasteiger partial charge >= 0.3 is 0 Å². The smallest absolute Gasteiger partial charge is 0.252 e. The molecule has 0 amide bonds. The fraction of sp³-hybridized carbons (Fsp3) is 0.0923. The van der Waals surface area contributed by atoms with Gasteiger partial charge in [0.1, 0.15) is 0 Å². The van der Waals surface area contributed by atoms with E-state index in [1.807, 2.05) is 12.4 Å². The van der Waals surface area contributed by atoms with Crippen molar-refractivity contribution in [3.05, 3.63) is 275 Å². The highest BCUT2D eigenvalue weighted by Crippen LogP contribution is 2.62. The Morgan fingerprint density at radius 3 is 1.52 bits per heavy atom. The first kappa shape index (κ1) is 40.3. The molecule has 0 saturated heterocycles. The van der Waals surface area contributed by atoms with Crippen LogP contribution in [-0.2, 0) is 17.3 Å². The summed E-state index contributed by atoms with van der Waals surface area (Å²) in [7, 11) is 0. The first-order valence-electron chi connectivity index (χ1n) is 25.1. The second-order valence-electron chi connectivity index (χ2n) is 19.6. The summed E-state index contributed by atoms with van der Waals surface area (Å²) >= 11 is 0. The van der Waals surface area contributed by atoms with Crippen LogP contribution in [0, 0.1) is 0 Å². The fourth-order valence-corrected chi connectivity index (χ4v) is 13.7. The van der Waals surface area contributed by atoms with Crippen LogP contribution in [0.25, 0.3) is 21.7 Å². The van der Waals surface area contributed by atoms with Crippen molar-refractivity contribution in [2.24, 2.45) is 0 Å². The molecule has 0 aliphatic carbocycles. The SMILES string of the molecule is CCCCc1nc2c3c4c(cc2c2ccccc12)N1c2ccccc2C(c2ccccc2)(c2cccnc2)c2cccc(c21)B4c1cccc2c1N3c1ccccc1C2(c1ccccc1)c1cccnc1. The Labute approximate surface area is 413 Å². The van der Waals surface area contributed by atoms with E-state index >= 15 is 0 Å². The van der Waals surface area contributed by atoms with Crippen LogP contribution in [0.15, 0.2) is 225 Å². The lowest BCUT2D eigenvalue weighted by molar-refractivity contribution is 0.726. The number of unbranched alkanes of at least 4 members (excludes halogenated alkanes) is 1. The van der Waals surface area contributed by atoms with Gasteiger partial charge in [-0.05, 0) is 109 Å². The Hall–Kier alpha value is -8.61. The van der Waals surface area contributed by atoms with Crippen molar-refractivity contribution in [1.82, 2.24) is 15.0 Å². The summed E-state index contributed by atoms with van der Waals surface area (Å²) < 4.78 is 0. The molecular formula is C65H46BN5. The summed E-state index contributed by atoms with van der Waals surface area (Å²) in [6.07, 6.45) is 11.0. The van der Waals surface area contributed by atoms with Crippen LogP contribution in [0.3, 0.4) is 0 Å². The number of fused-ring (bicyclic) bond motifs is 12. The fourth-order valence-electron chi connectivity index (χ4n) is 13.7. The van der Waals surface area contributed by atoms with E-state index in [0.717, 1.165) is 64.0 Å². The Morgan fingerprint density at radius 1 is 0.437 bits per heavy atom. The molecule has 15 rings (SSSR count). The van der Waals surface area contributed by atoms with Gasteiger partial charge in [0.2, 0.25) is 0 Å². The maximum Gasteiger partial charge on any atom is 0.252 e. The Morgan fingerprint density at radius 2 is 0.944 bits per heavy atom. The largest absolute Gasteiger partial charge is 0.311 e. The molecule has 334 valence electrons. The maximum atomic E-state index is 5.95. The molecule has 0 bridgehead atoms. The van der Waals surface area contributed by atoms with E-state index in [1.54, 1.807) is 0 Å². The molecule has 0 radical (unpaired) electrons. The number of hydrogen-bond acceptors (Lipinski definition) is 5. The Bertz CT molecular complexity index is 3860. The zero-order valence-corrected chi connectivity index (χ0v) is 39.3. The molecule has 71 heavy (non-hydrogen) atoms. The summed E-state index contributed by atoms with van der Waals surface area (Å²) in [5, 5.41) is 3.61. The highest BCUT2D eigenvalue weighted by molar-refractivity contribution is 7.00. The van der Waals surface area contributed by atoms with Gasteiger partial charge in [-0.2, -0.15) is 0 Å². The van der Waals surface area contributed by atoms with Gasteiger partial charge in [-0.15, -0.1) is 0 Å². The van der Waals surface area contributed by atoms with Crippen LogP contribution in [-0.4, -0.2) is 21.7 Å². The van der Waals surface area contributed by atoms with Gasteiger partial charge < -0.3 is 9.80 Å². The number of aromatic nitrogens is 3. The first-order valence-corrected chi connectivity index (χ1v) is 25.1. The molecule has 0 fully saturated rings. The standard InChI is InChI=1S/C65H46BN5/c1-2-3-34-55-47-27-11-10-26-46(47)48-39-58-59-63(60(48)69-55)71-57-36-15-13-29-50(57)65(43-22-8-5-9-23-43,45-25-19-38-68-41-45)52-31-17-33-54(62(52)71)66(59)53-32-16-30-51-61(53)70(58)56-35-14-12-28-49(56)64(51,42-20-6-4-7-21-42)44-24-18-37-67-40-44/h4-33,35-41H,2-3,34H2,1H3. The number of hydrogen-bond donors (Lipinski definition) is 0. The van der Waals surface area contributed by atoms with Gasteiger partial charge in [-0.25, -0.2) is 4.98 Å². The van der Waals surface area contributed by atoms with Gasteiger partial charge in [-0.3, -0.25) is 9.97 Å². The summed E-state index contributed by atoms with van der Waals surface area (Å²) in [5.74, 6) is 0. The van der Waals surface area contributed by atoms with E-state index in [1.165, 1.54) is 77.6 Å². The van der Waals surface area contributed by atoms with Crippen molar-refractivity contribution < 1.29 is 0 Å². The van der Waals surface area contributed by atoms with Crippen molar-refractivity contribution in [1.29, 1.82) is 0 Å². The van der Waals surface area contributed by atoms with E-state index < -0.39 is 10.8 Å². The number of anilines is 6. The molecule has 7 heterocycles. The zero-order valence-electron chi connectivity index (χ0n) is 39.3. The Balaban J connectivity index is 1.15. The van der Waals surface area contributed by atoms with E-state index in [9.17, 15) is 0 Å². The molecule has 11 aromatic rings. The van der Waals surface area contributed by atoms with Crippen LogP contribution >= 0.6 is 0 Å². The first-order chi connectivity index (χ1) is 35.2. The lowest BCUT2D eigenvalue weighted by Crippen LogP contribution is -2.63. The lowest BCUT2D eigenvalue weighted by atomic mass is 9.32. The number of aryl methyl sites for hydroxylation is 1. The third kappa shape index (κ3) is 5.18. The summed E-state index contributed by atoms with van der Waals surface area (Å²) in [6.45, 7) is 2.14. The van der Waals surface area contributed by atoms with Crippen molar-refractivity contribution >= 4 is 78.9 Å². The molecule has 4 aliphatic rings. The highest BCUT2D eigenvalue weighted by atomic mass is 15.2. The zero-order chi connectivity index (χ0) is 46.8. The molecular weight excluding hydrogens is 862 g/mol. The molecule has 0 N–H and O–H groups in total. The average Bonchev–Trinajstić information content (AvgIpc) is 3.45.